The van der Waals surface area contributed by atoms with Gasteiger partial charge in [0.05, 0.1) is 6.04 Å². The van der Waals surface area contributed by atoms with Gasteiger partial charge in [0.25, 0.3) is 0 Å². The second-order valence-electron chi connectivity index (χ2n) is 8.08. The number of aryl methyl sites for hydroxylation is 2. The molecule has 0 saturated carbocycles. The number of nitrogens with one attached hydrogen (secondary N) is 2. The molecule has 0 radical (unpaired) electrons. The van der Waals surface area contributed by atoms with Crippen LogP contribution < -0.4 is 11.1 Å². The highest BCUT2D eigenvalue weighted by atomic mass is 16.2. The standard InChI is InChI=1S/C22H31N5O/c1-2-26-18(13-15-7-8-16(21(23)24)14-20(15)26)10-9-17-5-4-12-27(17)22(28)19-6-3-11-25-19/h7-8,13-14,17,19,25H,2-6,9-12H2,1H3,(H3,23,24)/t17-,19+/m0/s1. The molecule has 28 heavy (non-hydrogen) atoms. The van der Waals surface area contributed by atoms with Crippen LogP contribution in [0.25, 0.3) is 10.9 Å². The predicted octanol–water partition coefficient (Wildman–Crippen LogP) is 2.62. The Morgan fingerprint density at radius 3 is 2.86 bits per heavy atom. The molecule has 0 bridgehead atoms. The zero-order valence-electron chi connectivity index (χ0n) is 16.7. The van der Waals surface area contributed by atoms with Crippen LogP contribution in [0.4, 0.5) is 0 Å². The molecule has 2 atom stereocenters. The first-order valence-electron chi connectivity index (χ1n) is 10.6. The fourth-order valence-corrected chi connectivity index (χ4v) is 4.90. The topological polar surface area (TPSA) is 87.1 Å². The van der Waals surface area contributed by atoms with E-state index in [0.717, 1.165) is 69.2 Å². The minimum Gasteiger partial charge on any atom is -0.384 e. The molecule has 6 nitrogen and oxygen atoms in total. The fourth-order valence-electron chi connectivity index (χ4n) is 4.90. The van der Waals surface area contributed by atoms with Crippen molar-refractivity contribution in [3.8, 4) is 0 Å². The van der Waals surface area contributed by atoms with Gasteiger partial charge in [0.2, 0.25) is 5.91 Å². The van der Waals surface area contributed by atoms with Crippen LogP contribution in [0.5, 0.6) is 0 Å². The third-order valence-corrected chi connectivity index (χ3v) is 6.37. The van der Waals surface area contributed by atoms with Crippen LogP contribution in [-0.4, -0.2) is 46.4 Å². The van der Waals surface area contributed by atoms with Crippen molar-refractivity contribution in [1.29, 1.82) is 5.41 Å². The highest BCUT2D eigenvalue weighted by molar-refractivity contribution is 5.98. The summed E-state index contributed by atoms with van der Waals surface area (Å²) in [6, 6.07) is 8.63. The summed E-state index contributed by atoms with van der Waals surface area (Å²) in [5.74, 6) is 0.412. The van der Waals surface area contributed by atoms with Gasteiger partial charge in [-0.2, -0.15) is 0 Å². The largest absolute Gasteiger partial charge is 0.384 e. The van der Waals surface area contributed by atoms with E-state index in [2.05, 4.69) is 33.8 Å². The number of nitrogens with two attached hydrogens (primary N) is 1. The normalized spacial score (nSPS) is 22.2. The van der Waals surface area contributed by atoms with E-state index in [1.165, 1.54) is 11.1 Å². The zero-order chi connectivity index (χ0) is 19.7. The number of carbonyl (C=O) groups is 1. The summed E-state index contributed by atoms with van der Waals surface area (Å²) in [7, 11) is 0. The van der Waals surface area contributed by atoms with Gasteiger partial charge in [-0.05, 0) is 69.5 Å². The number of nitrogen functional groups attached to an aromatic ring is 1. The van der Waals surface area contributed by atoms with E-state index in [1.54, 1.807) is 0 Å². The Balaban J connectivity index is 1.50. The van der Waals surface area contributed by atoms with Crippen molar-refractivity contribution in [2.75, 3.05) is 13.1 Å². The number of hydrogen-bond donors (Lipinski definition) is 3. The van der Waals surface area contributed by atoms with Crippen LogP contribution in [0.15, 0.2) is 24.3 Å². The van der Waals surface area contributed by atoms with Crippen LogP contribution in [0, 0.1) is 5.41 Å². The van der Waals surface area contributed by atoms with E-state index in [0.29, 0.717) is 11.9 Å². The molecule has 4 N–H and O–H groups in total. The van der Waals surface area contributed by atoms with Gasteiger partial charge >= 0.3 is 0 Å². The first kappa shape index (κ1) is 19.0. The lowest BCUT2D eigenvalue weighted by Crippen LogP contribution is -2.45. The Morgan fingerprint density at radius 1 is 1.29 bits per heavy atom. The summed E-state index contributed by atoms with van der Waals surface area (Å²) in [5.41, 5.74) is 8.88. The lowest BCUT2D eigenvalue weighted by atomic mass is 10.1. The number of nitrogens with zero attached hydrogens (tertiary/aromatic N) is 2. The number of carbonyl (C=O) groups excluding carboxylic acids is 1. The zero-order valence-corrected chi connectivity index (χ0v) is 16.7. The highest BCUT2D eigenvalue weighted by Gasteiger charge is 2.34. The predicted molar refractivity (Wildman–Crippen MR) is 113 cm³/mol. The Bertz CT molecular complexity index is 880. The molecular weight excluding hydrogens is 350 g/mol. The summed E-state index contributed by atoms with van der Waals surface area (Å²) in [6.07, 6.45) is 6.28. The molecule has 1 amide bonds. The fraction of sp³-hybridized carbons (Fsp3) is 0.545. The number of aromatic nitrogens is 1. The van der Waals surface area contributed by atoms with Crippen LogP contribution in [0.3, 0.4) is 0 Å². The second kappa shape index (κ2) is 7.95. The average molecular weight is 382 g/mol. The van der Waals surface area contributed by atoms with Gasteiger partial charge in [0.15, 0.2) is 0 Å². The van der Waals surface area contributed by atoms with E-state index in [1.807, 2.05) is 12.1 Å². The quantitative estimate of drug-likeness (QED) is 0.531. The smallest absolute Gasteiger partial charge is 0.239 e. The molecule has 2 saturated heterocycles. The van der Waals surface area contributed by atoms with E-state index < -0.39 is 0 Å². The van der Waals surface area contributed by atoms with E-state index >= 15 is 0 Å². The molecule has 2 aliphatic rings. The maximum atomic E-state index is 12.9. The minimum absolute atomic E-state index is 0.0349. The van der Waals surface area contributed by atoms with Gasteiger partial charge in [-0.3, -0.25) is 10.2 Å². The van der Waals surface area contributed by atoms with Gasteiger partial charge in [0.1, 0.15) is 5.84 Å². The Labute approximate surface area is 166 Å². The Hall–Kier alpha value is -2.34. The van der Waals surface area contributed by atoms with Crippen molar-refractivity contribution in [1.82, 2.24) is 14.8 Å². The SMILES string of the molecule is CCn1c(CC[C@@H]2CCCN2C(=O)[C@H]2CCCN2)cc2ccc(C(=N)N)cc21. The van der Waals surface area contributed by atoms with Gasteiger partial charge in [-0.15, -0.1) is 0 Å². The molecule has 2 aliphatic heterocycles. The number of amides is 1. The number of hydrogen-bond acceptors (Lipinski definition) is 3. The molecule has 1 aromatic heterocycles. The third kappa shape index (κ3) is 3.53. The van der Waals surface area contributed by atoms with Crippen LogP contribution in [0.2, 0.25) is 0 Å². The maximum Gasteiger partial charge on any atom is 0.239 e. The van der Waals surface area contributed by atoms with E-state index in [4.69, 9.17) is 11.1 Å². The van der Waals surface area contributed by atoms with E-state index in [9.17, 15) is 4.79 Å². The molecule has 0 spiro atoms. The first-order chi connectivity index (χ1) is 13.6. The van der Waals surface area contributed by atoms with Gasteiger partial charge in [-0.1, -0.05) is 12.1 Å². The van der Waals surface area contributed by atoms with Gasteiger partial charge in [-0.25, -0.2) is 0 Å². The number of rotatable bonds is 6. The van der Waals surface area contributed by atoms with Crippen LogP contribution in [0.1, 0.15) is 50.3 Å². The lowest BCUT2D eigenvalue weighted by Gasteiger charge is -2.27. The molecule has 3 heterocycles. The average Bonchev–Trinajstić information content (AvgIpc) is 3.44. The van der Waals surface area contributed by atoms with E-state index in [-0.39, 0.29) is 11.9 Å². The van der Waals surface area contributed by atoms with Crippen molar-refractivity contribution < 1.29 is 4.79 Å². The molecule has 2 fully saturated rings. The van der Waals surface area contributed by atoms with Crippen molar-refractivity contribution >= 4 is 22.6 Å². The summed E-state index contributed by atoms with van der Waals surface area (Å²) < 4.78 is 2.32. The molecule has 0 unspecified atom stereocenters. The third-order valence-electron chi connectivity index (χ3n) is 6.37. The summed E-state index contributed by atoms with van der Waals surface area (Å²) >= 11 is 0. The Kier molecular flexibility index (Phi) is 5.40. The van der Waals surface area contributed by atoms with Gasteiger partial charge < -0.3 is 20.5 Å². The number of amidine groups is 1. The number of fused-ring (bicyclic) bond motifs is 1. The number of likely N-dealkylation sites (tertiary alicyclic amines) is 1. The molecule has 4 rings (SSSR count). The number of benzene rings is 1. The molecular formula is C22H31N5O. The van der Waals surface area contributed by atoms with Crippen molar-refractivity contribution in [2.45, 2.75) is 64.1 Å². The monoisotopic (exact) mass is 381 g/mol. The van der Waals surface area contributed by atoms with Crippen LogP contribution >= 0.6 is 0 Å². The lowest BCUT2D eigenvalue weighted by molar-refractivity contribution is -0.134. The Morgan fingerprint density at radius 2 is 2.14 bits per heavy atom. The first-order valence-corrected chi connectivity index (χ1v) is 10.6. The van der Waals surface area contributed by atoms with Crippen molar-refractivity contribution in [3.05, 3.63) is 35.5 Å². The molecule has 6 heteroatoms. The maximum absolute atomic E-state index is 12.9. The molecule has 1 aromatic carbocycles. The van der Waals surface area contributed by atoms with Crippen molar-refractivity contribution in [2.24, 2.45) is 5.73 Å². The molecule has 0 aliphatic carbocycles. The minimum atomic E-state index is 0.0349. The summed E-state index contributed by atoms with van der Waals surface area (Å²) in [4.78, 5) is 15.0. The highest BCUT2D eigenvalue weighted by Crippen LogP contribution is 2.27. The van der Waals surface area contributed by atoms with Crippen LogP contribution in [-0.2, 0) is 17.8 Å². The second-order valence-corrected chi connectivity index (χ2v) is 8.08. The van der Waals surface area contributed by atoms with Gasteiger partial charge in [0, 0.05) is 35.9 Å². The molecule has 150 valence electrons. The van der Waals surface area contributed by atoms with Crippen molar-refractivity contribution in [3.63, 3.8) is 0 Å². The summed E-state index contributed by atoms with van der Waals surface area (Å²) in [6.45, 7) is 4.91. The molecule has 2 aromatic rings. The summed E-state index contributed by atoms with van der Waals surface area (Å²) in [5, 5.41) is 12.2.